The Morgan fingerprint density at radius 3 is 2.34 bits per heavy atom. The molecule has 3 amide bonds. The molecule has 3 aliphatic rings. The van der Waals surface area contributed by atoms with Crippen molar-refractivity contribution in [1.29, 1.82) is 0 Å². The molecule has 2 N–H and O–H groups in total. The fraction of sp³-hybridized carbons (Fsp3) is 0.298. The maximum absolute atomic E-state index is 14.2. The van der Waals surface area contributed by atoms with Gasteiger partial charge in [0.1, 0.15) is 36.8 Å². The number of aromatic nitrogens is 1. The number of nitrogens with zero attached hydrogens (tertiary/aromatic N) is 3. The number of carboxylic acids is 1. The minimum atomic E-state index is -1.25. The van der Waals surface area contributed by atoms with Crippen LogP contribution >= 0.6 is 23.2 Å². The van der Waals surface area contributed by atoms with Crippen molar-refractivity contribution in [3.05, 3.63) is 140 Å². The number of amides is 3. The van der Waals surface area contributed by atoms with Crippen LogP contribution in [0.4, 0.5) is 4.79 Å². The van der Waals surface area contributed by atoms with E-state index in [1.807, 2.05) is 86.6 Å². The van der Waals surface area contributed by atoms with Crippen LogP contribution in [0.2, 0.25) is 10.0 Å². The molecule has 0 spiro atoms. The second-order valence-corrected chi connectivity index (χ2v) is 16.4. The Kier molecular flexibility index (Phi) is 12.2. The molecule has 0 radical (unpaired) electrons. The first-order valence-electron chi connectivity index (χ1n) is 20.1. The van der Waals surface area contributed by atoms with E-state index < -0.39 is 36.1 Å². The molecule has 12 nitrogen and oxygen atoms in total. The minimum Gasteiger partial charge on any atom is -0.489 e. The number of fused-ring (bicyclic) bond motifs is 2. The van der Waals surface area contributed by atoms with Gasteiger partial charge in [0.15, 0.2) is 17.6 Å². The number of Topliss-reactive ketones (excluding diaryl/α,β-unsaturated/α-hetero) is 1. The molecule has 0 saturated carbocycles. The SMILES string of the molecule is Cc1nccc(-c2ccc(C[C@H](NC(=O)[C@@H]3Cc4cc5c(cc4CN3C(=O)N3CCC(=O)CC3)O[C@@H](c3ccc(OCc4ccc(Cl)c(Cl)c4)cc3)CO5)C(=O)O)cc2)c1C. The second kappa shape index (κ2) is 17.9. The summed E-state index contributed by atoms with van der Waals surface area (Å²) < 4.78 is 18.6. The van der Waals surface area contributed by atoms with Gasteiger partial charge in [-0.15, -0.1) is 0 Å². The first-order chi connectivity index (χ1) is 29.4. The van der Waals surface area contributed by atoms with Crippen LogP contribution in [0, 0.1) is 13.8 Å². The van der Waals surface area contributed by atoms with E-state index in [1.165, 1.54) is 4.90 Å². The van der Waals surface area contributed by atoms with E-state index in [2.05, 4.69) is 10.3 Å². The van der Waals surface area contributed by atoms with Gasteiger partial charge >= 0.3 is 12.0 Å². The highest BCUT2D eigenvalue weighted by Crippen LogP contribution is 2.41. The Balaban J connectivity index is 0.978. The molecular formula is C47H44Cl2N4O8. The molecule has 0 aliphatic carbocycles. The number of carbonyl (C=O) groups excluding carboxylic acids is 3. The third-order valence-corrected chi connectivity index (χ3v) is 12.4. The van der Waals surface area contributed by atoms with E-state index in [4.69, 9.17) is 37.4 Å². The highest BCUT2D eigenvalue weighted by Gasteiger charge is 2.40. The zero-order valence-corrected chi connectivity index (χ0v) is 35.2. The minimum absolute atomic E-state index is 0.0372. The van der Waals surface area contributed by atoms with Gasteiger partial charge in [-0.1, -0.05) is 65.7 Å². The van der Waals surface area contributed by atoms with Crippen molar-refractivity contribution >= 4 is 46.9 Å². The number of ketones is 1. The highest BCUT2D eigenvalue weighted by atomic mass is 35.5. The maximum atomic E-state index is 14.2. The van der Waals surface area contributed by atoms with Crippen molar-refractivity contribution in [3.63, 3.8) is 0 Å². The van der Waals surface area contributed by atoms with E-state index >= 15 is 0 Å². The number of aryl methyl sites for hydroxylation is 1. The number of halogens is 2. The summed E-state index contributed by atoms with van der Waals surface area (Å²) in [5.74, 6) is -0.0268. The summed E-state index contributed by atoms with van der Waals surface area (Å²) in [5, 5.41) is 14.0. The number of hydrogen-bond donors (Lipinski definition) is 2. The topological polar surface area (TPSA) is 148 Å². The lowest BCUT2D eigenvalue weighted by atomic mass is 9.92. The lowest BCUT2D eigenvalue weighted by Gasteiger charge is -2.40. The largest absolute Gasteiger partial charge is 0.489 e. The van der Waals surface area contributed by atoms with Crippen molar-refractivity contribution in [2.24, 2.45) is 0 Å². The first-order valence-corrected chi connectivity index (χ1v) is 20.9. The number of likely N-dealkylation sites (tertiary alicyclic amines) is 1. The summed E-state index contributed by atoms with van der Waals surface area (Å²) in [5.41, 5.74) is 8.05. The van der Waals surface area contributed by atoms with Gasteiger partial charge in [-0.2, -0.15) is 0 Å². The van der Waals surface area contributed by atoms with Crippen molar-refractivity contribution < 1.29 is 38.5 Å². The van der Waals surface area contributed by atoms with E-state index in [1.54, 1.807) is 23.2 Å². The van der Waals surface area contributed by atoms with E-state index in [0.717, 1.165) is 50.2 Å². The summed E-state index contributed by atoms with van der Waals surface area (Å²) >= 11 is 12.2. The lowest BCUT2D eigenvalue weighted by molar-refractivity contribution is -0.142. The molecule has 4 heterocycles. The first kappa shape index (κ1) is 41.6. The second-order valence-electron chi connectivity index (χ2n) is 15.6. The van der Waals surface area contributed by atoms with Crippen LogP contribution in [0.1, 0.15) is 58.0 Å². The lowest BCUT2D eigenvalue weighted by Crippen LogP contribution is -2.59. The predicted octanol–water partition coefficient (Wildman–Crippen LogP) is 8.09. The molecule has 8 rings (SSSR count). The monoisotopic (exact) mass is 862 g/mol. The van der Waals surface area contributed by atoms with E-state index in [9.17, 15) is 24.3 Å². The Hall–Kier alpha value is -6.11. The van der Waals surface area contributed by atoms with Gasteiger partial charge in [0.05, 0.1) is 10.0 Å². The van der Waals surface area contributed by atoms with Crippen molar-refractivity contribution in [1.82, 2.24) is 20.1 Å². The summed E-state index contributed by atoms with van der Waals surface area (Å²) in [4.78, 5) is 60.4. The number of urea groups is 1. The molecule has 3 aliphatic heterocycles. The van der Waals surface area contributed by atoms with E-state index in [0.29, 0.717) is 33.9 Å². The molecule has 314 valence electrons. The Morgan fingerprint density at radius 1 is 0.902 bits per heavy atom. The molecule has 0 unspecified atom stereocenters. The van der Waals surface area contributed by atoms with Gasteiger partial charge < -0.3 is 34.4 Å². The number of benzene rings is 4. The van der Waals surface area contributed by atoms with Gasteiger partial charge in [0.25, 0.3) is 0 Å². The Bertz CT molecular complexity index is 2490. The molecule has 61 heavy (non-hydrogen) atoms. The van der Waals surface area contributed by atoms with Gasteiger partial charge in [0, 0.05) is 57.2 Å². The van der Waals surface area contributed by atoms with Crippen LogP contribution in [0.3, 0.4) is 0 Å². The molecule has 1 fully saturated rings. The van der Waals surface area contributed by atoms with Crippen LogP contribution in [0.5, 0.6) is 17.2 Å². The highest BCUT2D eigenvalue weighted by molar-refractivity contribution is 6.42. The number of piperidine rings is 1. The zero-order chi connectivity index (χ0) is 42.8. The number of pyridine rings is 1. The maximum Gasteiger partial charge on any atom is 0.326 e. The number of ether oxygens (including phenoxy) is 3. The number of carboxylic acid groups (broad SMARTS) is 1. The molecule has 14 heteroatoms. The number of nitrogens with one attached hydrogen (secondary N) is 1. The van der Waals surface area contributed by atoms with Crippen molar-refractivity contribution in [2.75, 3.05) is 19.7 Å². The number of aliphatic carboxylic acids is 1. The fourth-order valence-electron chi connectivity index (χ4n) is 7.93. The van der Waals surface area contributed by atoms with Crippen molar-refractivity contribution in [2.45, 2.75) is 70.9 Å². The number of rotatable bonds is 10. The molecule has 0 bridgehead atoms. The summed E-state index contributed by atoms with van der Waals surface area (Å²) in [6, 6.07) is 23.4. The smallest absolute Gasteiger partial charge is 0.326 e. The van der Waals surface area contributed by atoms with Crippen LogP contribution in [-0.2, 0) is 40.4 Å². The van der Waals surface area contributed by atoms with Gasteiger partial charge in [-0.3, -0.25) is 14.6 Å². The standard InChI is InChI=1S/C47H44Cl2N4O8/c1-27-28(2)50-16-13-37(27)31-6-3-29(4-7-31)20-40(46(56)57)51-45(55)41-21-33-22-42-43(23-34(33)24-53(41)47(58)52-17-14-35(54)15-18-52)61-44(26-60-42)32-8-10-36(11-9-32)59-25-30-5-12-38(48)39(49)19-30/h3-13,16,19,22-23,40-41,44H,14-15,17-18,20-21,24-26H2,1-2H3,(H,51,55)(H,56,57)/t40-,41-,44+/m0/s1. The number of hydrogen-bond acceptors (Lipinski definition) is 8. The fourth-order valence-corrected chi connectivity index (χ4v) is 8.25. The molecular weight excluding hydrogens is 819 g/mol. The molecule has 3 atom stereocenters. The van der Waals surface area contributed by atoms with E-state index in [-0.39, 0.29) is 57.7 Å². The van der Waals surface area contributed by atoms with Gasteiger partial charge in [-0.25, -0.2) is 9.59 Å². The molecule has 1 saturated heterocycles. The quantitative estimate of drug-likeness (QED) is 0.142. The number of carbonyl (C=O) groups is 4. The predicted molar refractivity (Wildman–Crippen MR) is 229 cm³/mol. The average molecular weight is 864 g/mol. The van der Waals surface area contributed by atoms with Crippen molar-refractivity contribution in [3.8, 4) is 28.4 Å². The average Bonchev–Trinajstić information content (AvgIpc) is 3.26. The molecule has 4 aromatic carbocycles. The van der Waals surface area contributed by atoms with Crippen LogP contribution in [0.25, 0.3) is 11.1 Å². The summed E-state index contributed by atoms with van der Waals surface area (Å²) in [6.07, 6.45) is 1.96. The van der Waals surface area contributed by atoms with Crippen LogP contribution in [-0.4, -0.2) is 75.4 Å². The third-order valence-electron chi connectivity index (χ3n) is 11.6. The zero-order valence-electron chi connectivity index (χ0n) is 33.7. The molecule has 5 aromatic rings. The third kappa shape index (κ3) is 9.30. The summed E-state index contributed by atoms with van der Waals surface area (Å²) in [6.45, 7) is 5.06. The summed E-state index contributed by atoms with van der Waals surface area (Å²) in [7, 11) is 0. The van der Waals surface area contributed by atoms with Gasteiger partial charge in [0.2, 0.25) is 5.91 Å². The normalized spacial score (nSPS) is 17.6. The Morgan fingerprint density at radius 2 is 1.62 bits per heavy atom. The Labute approximate surface area is 363 Å². The van der Waals surface area contributed by atoms with Crippen LogP contribution < -0.4 is 19.5 Å². The molecule has 1 aromatic heterocycles. The van der Waals surface area contributed by atoms with Crippen LogP contribution in [0.15, 0.2) is 91.1 Å². The van der Waals surface area contributed by atoms with Gasteiger partial charge in [-0.05, 0) is 101 Å².